The smallest absolute Gasteiger partial charge is 0.205 e. The summed E-state index contributed by atoms with van der Waals surface area (Å²) >= 11 is 1.60. The van der Waals surface area contributed by atoms with Crippen LogP contribution in [-0.2, 0) is 0 Å². The molecule has 128 valence electrons. The van der Waals surface area contributed by atoms with E-state index in [1.807, 2.05) is 17.0 Å². The highest BCUT2D eigenvalue weighted by atomic mass is 32.1. The molecule has 4 rings (SSSR count). The Kier molecular flexibility index (Phi) is 4.50. The molecule has 3 aromatic carbocycles. The molecule has 0 fully saturated rings. The predicted molar refractivity (Wildman–Crippen MR) is 111 cm³/mol. The van der Waals surface area contributed by atoms with Crippen molar-refractivity contribution in [3.63, 3.8) is 0 Å². The average molecular weight is 357 g/mol. The monoisotopic (exact) mass is 357 g/mol. The van der Waals surface area contributed by atoms with Crippen LogP contribution in [0.4, 0.5) is 0 Å². The Labute approximate surface area is 156 Å². The molecule has 3 nitrogen and oxygen atoms in total. The van der Waals surface area contributed by atoms with E-state index in [0.717, 1.165) is 21.6 Å². The van der Waals surface area contributed by atoms with E-state index < -0.39 is 0 Å². The van der Waals surface area contributed by atoms with Crippen molar-refractivity contribution in [1.82, 2.24) is 4.68 Å². The molecule has 0 amide bonds. The SMILES string of the molecule is CN=c1scc(-c2cccc3ccccc23)n1N=Cc1cccc(C)c1. The molecule has 0 saturated carbocycles. The molecule has 26 heavy (non-hydrogen) atoms. The van der Waals surface area contributed by atoms with Crippen molar-refractivity contribution in [2.75, 3.05) is 7.05 Å². The Morgan fingerprint density at radius 3 is 2.62 bits per heavy atom. The first-order valence-electron chi connectivity index (χ1n) is 8.49. The number of thiazole rings is 1. The fourth-order valence-corrected chi connectivity index (χ4v) is 3.87. The number of nitrogens with zero attached hydrogens (tertiary/aromatic N) is 3. The minimum Gasteiger partial charge on any atom is -0.261 e. The van der Waals surface area contributed by atoms with E-state index in [4.69, 9.17) is 5.10 Å². The second kappa shape index (κ2) is 7.10. The lowest BCUT2D eigenvalue weighted by molar-refractivity contribution is 0.849. The summed E-state index contributed by atoms with van der Waals surface area (Å²) in [5.74, 6) is 0. The van der Waals surface area contributed by atoms with Gasteiger partial charge in [-0.25, -0.2) is 4.68 Å². The van der Waals surface area contributed by atoms with E-state index in [-0.39, 0.29) is 0 Å². The molecule has 0 saturated heterocycles. The van der Waals surface area contributed by atoms with Gasteiger partial charge in [0.15, 0.2) is 0 Å². The molecule has 0 aliphatic carbocycles. The van der Waals surface area contributed by atoms with Crippen LogP contribution in [0.25, 0.3) is 22.0 Å². The van der Waals surface area contributed by atoms with Crippen LogP contribution < -0.4 is 4.80 Å². The van der Waals surface area contributed by atoms with Crippen LogP contribution in [0.15, 0.2) is 82.2 Å². The number of aromatic nitrogens is 1. The van der Waals surface area contributed by atoms with Gasteiger partial charge in [-0.1, -0.05) is 72.3 Å². The molecule has 1 heterocycles. The molecule has 1 aromatic heterocycles. The molecule has 0 N–H and O–H groups in total. The number of hydrogen-bond donors (Lipinski definition) is 0. The molecule has 0 atom stereocenters. The maximum absolute atomic E-state index is 4.74. The Bertz CT molecular complexity index is 1160. The summed E-state index contributed by atoms with van der Waals surface area (Å²) in [5, 5.41) is 9.30. The van der Waals surface area contributed by atoms with Crippen molar-refractivity contribution in [2.45, 2.75) is 6.92 Å². The third kappa shape index (κ3) is 3.11. The molecule has 0 radical (unpaired) electrons. The maximum atomic E-state index is 4.74. The van der Waals surface area contributed by atoms with Gasteiger partial charge >= 0.3 is 0 Å². The lowest BCUT2D eigenvalue weighted by atomic mass is 10.0. The number of benzene rings is 3. The number of fused-ring (bicyclic) bond motifs is 1. The summed E-state index contributed by atoms with van der Waals surface area (Å²) < 4.78 is 1.93. The van der Waals surface area contributed by atoms with Crippen LogP contribution in [0.2, 0.25) is 0 Å². The van der Waals surface area contributed by atoms with Gasteiger partial charge in [-0.3, -0.25) is 4.99 Å². The van der Waals surface area contributed by atoms with Gasteiger partial charge < -0.3 is 0 Å². The van der Waals surface area contributed by atoms with E-state index in [1.54, 1.807) is 18.4 Å². The van der Waals surface area contributed by atoms with E-state index in [1.165, 1.54) is 16.3 Å². The van der Waals surface area contributed by atoms with Crippen molar-refractivity contribution in [2.24, 2.45) is 10.1 Å². The van der Waals surface area contributed by atoms with Crippen LogP contribution >= 0.6 is 11.3 Å². The van der Waals surface area contributed by atoms with E-state index in [0.29, 0.717) is 0 Å². The lowest BCUT2D eigenvalue weighted by Crippen LogP contribution is -2.11. The molecule has 0 unspecified atom stereocenters. The highest BCUT2D eigenvalue weighted by Gasteiger charge is 2.10. The van der Waals surface area contributed by atoms with Crippen LogP contribution in [-0.4, -0.2) is 17.9 Å². The summed E-state index contributed by atoms with van der Waals surface area (Å²) in [6.07, 6.45) is 1.89. The minimum atomic E-state index is 0.872. The summed E-state index contributed by atoms with van der Waals surface area (Å²) in [4.78, 5) is 5.27. The third-order valence-corrected chi connectivity index (χ3v) is 5.21. The zero-order chi connectivity index (χ0) is 17.9. The van der Waals surface area contributed by atoms with Gasteiger partial charge in [0.2, 0.25) is 4.80 Å². The Morgan fingerprint density at radius 2 is 1.77 bits per heavy atom. The summed E-state index contributed by atoms with van der Waals surface area (Å²) in [5.41, 5.74) is 4.51. The first-order chi connectivity index (χ1) is 12.8. The van der Waals surface area contributed by atoms with Crippen molar-refractivity contribution >= 4 is 28.3 Å². The van der Waals surface area contributed by atoms with E-state index >= 15 is 0 Å². The standard InChI is InChI=1S/C22H19N3S/c1-16-7-5-8-17(13-16)14-24-25-21(15-26-22(25)23-2)20-12-6-10-18-9-3-4-11-19(18)20/h3-15H,1-2H3. The maximum Gasteiger partial charge on any atom is 0.205 e. The fourth-order valence-electron chi connectivity index (χ4n) is 3.07. The molecule has 0 aliphatic heterocycles. The van der Waals surface area contributed by atoms with Gasteiger partial charge in [-0.2, -0.15) is 5.10 Å². The fraction of sp³-hybridized carbons (Fsp3) is 0.0909. The lowest BCUT2D eigenvalue weighted by Gasteiger charge is -2.07. The Balaban J connectivity index is 1.87. The number of hydrogen-bond acceptors (Lipinski definition) is 3. The van der Waals surface area contributed by atoms with Crippen molar-refractivity contribution in [1.29, 1.82) is 0 Å². The normalized spacial score (nSPS) is 12.3. The molecular weight excluding hydrogens is 338 g/mol. The molecule has 0 aliphatic rings. The van der Waals surface area contributed by atoms with Crippen LogP contribution in [0.5, 0.6) is 0 Å². The zero-order valence-corrected chi connectivity index (χ0v) is 15.6. The Hall–Kier alpha value is -2.98. The van der Waals surface area contributed by atoms with Crippen LogP contribution in [0.1, 0.15) is 11.1 Å². The minimum absolute atomic E-state index is 0.872. The van der Waals surface area contributed by atoms with Crippen molar-refractivity contribution < 1.29 is 0 Å². The summed E-state index contributed by atoms with van der Waals surface area (Å²) in [6, 6.07) is 23.1. The highest BCUT2D eigenvalue weighted by Crippen LogP contribution is 2.28. The van der Waals surface area contributed by atoms with Gasteiger partial charge in [0.1, 0.15) is 0 Å². The van der Waals surface area contributed by atoms with E-state index in [2.05, 4.69) is 78.0 Å². The summed E-state index contributed by atoms with van der Waals surface area (Å²) in [7, 11) is 1.80. The van der Waals surface area contributed by atoms with Gasteiger partial charge in [-0.15, -0.1) is 11.3 Å². The van der Waals surface area contributed by atoms with Crippen molar-refractivity contribution in [3.05, 3.63) is 88.0 Å². The molecular formula is C22H19N3S. The van der Waals surface area contributed by atoms with Gasteiger partial charge in [-0.05, 0) is 23.3 Å². The zero-order valence-electron chi connectivity index (χ0n) is 14.8. The Morgan fingerprint density at radius 1 is 0.962 bits per heavy atom. The van der Waals surface area contributed by atoms with Crippen LogP contribution in [0.3, 0.4) is 0 Å². The van der Waals surface area contributed by atoms with Gasteiger partial charge in [0.25, 0.3) is 0 Å². The third-order valence-electron chi connectivity index (χ3n) is 4.31. The summed E-state index contributed by atoms with van der Waals surface area (Å²) in [6.45, 7) is 2.09. The van der Waals surface area contributed by atoms with Crippen LogP contribution in [0, 0.1) is 6.92 Å². The second-order valence-corrected chi connectivity index (χ2v) is 6.96. The molecule has 0 bridgehead atoms. The molecule has 4 aromatic rings. The first kappa shape index (κ1) is 16.5. The highest BCUT2D eigenvalue weighted by molar-refractivity contribution is 7.07. The first-order valence-corrected chi connectivity index (χ1v) is 9.37. The number of aryl methyl sites for hydroxylation is 1. The second-order valence-electron chi connectivity index (χ2n) is 6.12. The predicted octanol–water partition coefficient (Wildman–Crippen LogP) is 5.09. The molecule has 0 spiro atoms. The van der Waals surface area contributed by atoms with Gasteiger partial charge in [0, 0.05) is 18.0 Å². The quantitative estimate of drug-likeness (QED) is 0.457. The largest absolute Gasteiger partial charge is 0.261 e. The van der Waals surface area contributed by atoms with Crippen molar-refractivity contribution in [3.8, 4) is 11.3 Å². The number of rotatable bonds is 3. The topological polar surface area (TPSA) is 29.6 Å². The average Bonchev–Trinajstić information content (AvgIpc) is 3.08. The molecule has 4 heteroatoms. The van der Waals surface area contributed by atoms with Gasteiger partial charge in [0.05, 0.1) is 11.9 Å². The van der Waals surface area contributed by atoms with E-state index in [9.17, 15) is 0 Å².